The average molecular weight is 372 g/mol. The van der Waals surface area contributed by atoms with Gasteiger partial charge in [-0.15, -0.1) is 24.2 Å². The molecular formula is C17H26ClN3O2S. The number of carbonyl (C=O) groups is 2. The van der Waals surface area contributed by atoms with Gasteiger partial charge >= 0.3 is 0 Å². The molecule has 2 amide bonds. The summed E-state index contributed by atoms with van der Waals surface area (Å²) in [6.07, 6.45) is 2.22. The molecule has 1 aromatic rings. The molecule has 0 aliphatic carbocycles. The summed E-state index contributed by atoms with van der Waals surface area (Å²) in [5.41, 5.74) is 1.94. The zero-order chi connectivity index (χ0) is 16.5. The van der Waals surface area contributed by atoms with Crippen molar-refractivity contribution in [3.8, 4) is 0 Å². The zero-order valence-corrected chi connectivity index (χ0v) is 15.6. The van der Waals surface area contributed by atoms with Crippen LogP contribution in [0.25, 0.3) is 0 Å². The van der Waals surface area contributed by atoms with Gasteiger partial charge in [0.25, 0.3) is 0 Å². The highest BCUT2D eigenvalue weighted by molar-refractivity contribution is 8.00. The fourth-order valence-electron chi connectivity index (χ4n) is 2.50. The third kappa shape index (κ3) is 8.04. The molecule has 0 spiro atoms. The van der Waals surface area contributed by atoms with Gasteiger partial charge in [0.1, 0.15) is 0 Å². The molecule has 1 aromatic carbocycles. The summed E-state index contributed by atoms with van der Waals surface area (Å²) in [5.74, 6) is 1.22. The Bertz CT molecular complexity index is 519. The van der Waals surface area contributed by atoms with Crippen molar-refractivity contribution in [2.45, 2.75) is 19.8 Å². The highest BCUT2D eigenvalue weighted by atomic mass is 35.5. The van der Waals surface area contributed by atoms with Crippen LogP contribution in [0.3, 0.4) is 0 Å². The molecule has 1 fully saturated rings. The van der Waals surface area contributed by atoms with Crippen LogP contribution in [0.2, 0.25) is 0 Å². The molecule has 1 aliphatic heterocycles. The topological polar surface area (TPSA) is 70.2 Å². The molecule has 0 saturated carbocycles. The van der Waals surface area contributed by atoms with E-state index in [1.54, 1.807) is 0 Å². The van der Waals surface area contributed by atoms with Crippen molar-refractivity contribution in [3.63, 3.8) is 0 Å². The Morgan fingerprint density at radius 3 is 2.58 bits per heavy atom. The molecule has 7 heteroatoms. The summed E-state index contributed by atoms with van der Waals surface area (Å²) in [5, 5.41) is 9.06. The minimum atomic E-state index is -0.0799. The lowest BCUT2D eigenvalue weighted by Crippen LogP contribution is -2.28. The number of amides is 2. The van der Waals surface area contributed by atoms with E-state index in [0.29, 0.717) is 11.7 Å². The van der Waals surface area contributed by atoms with Crippen LogP contribution >= 0.6 is 24.2 Å². The van der Waals surface area contributed by atoms with Crippen LogP contribution in [-0.4, -0.2) is 43.0 Å². The highest BCUT2D eigenvalue weighted by Crippen LogP contribution is 2.11. The standard InChI is InChI=1S/C17H25N3O2S.ClH/c1-13-2-4-15(5-3-13)20-17(22)12-23-11-16(21)19-9-7-14-6-8-18-10-14;/h2-5,14,18H,6-12H2,1H3,(H,19,21)(H,20,22);1H. The second-order valence-corrected chi connectivity index (χ2v) is 6.89. The van der Waals surface area contributed by atoms with Gasteiger partial charge in [-0.1, -0.05) is 17.7 Å². The highest BCUT2D eigenvalue weighted by Gasteiger charge is 2.14. The summed E-state index contributed by atoms with van der Waals surface area (Å²) < 4.78 is 0. The molecule has 0 bridgehead atoms. The average Bonchev–Trinajstić information content (AvgIpc) is 3.03. The molecular weight excluding hydrogens is 346 g/mol. The molecule has 2 rings (SSSR count). The van der Waals surface area contributed by atoms with Crippen molar-refractivity contribution < 1.29 is 9.59 Å². The predicted molar refractivity (Wildman–Crippen MR) is 103 cm³/mol. The summed E-state index contributed by atoms with van der Waals surface area (Å²) in [6, 6.07) is 7.66. The second-order valence-electron chi connectivity index (χ2n) is 5.90. The first kappa shape index (κ1) is 20.8. The van der Waals surface area contributed by atoms with E-state index >= 15 is 0 Å². The summed E-state index contributed by atoms with van der Waals surface area (Å²) >= 11 is 1.34. The number of rotatable bonds is 8. The lowest BCUT2D eigenvalue weighted by molar-refractivity contribution is -0.118. The molecule has 0 radical (unpaired) electrons. The van der Waals surface area contributed by atoms with Gasteiger partial charge in [0.15, 0.2) is 0 Å². The number of hydrogen-bond acceptors (Lipinski definition) is 4. The van der Waals surface area contributed by atoms with Crippen LogP contribution in [0.4, 0.5) is 5.69 Å². The number of carbonyl (C=O) groups excluding carboxylic acids is 2. The SMILES string of the molecule is Cc1ccc(NC(=O)CSCC(=O)NCCC2CCNC2)cc1.Cl. The van der Waals surface area contributed by atoms with Crippen molar-refractivity contribution in [1.29, 1.82) is 0 Å². The minimum Gasteiger partial charge on any atom is -0.355 e. The van der Waals surface area contributed by atoms with Crippen LogP contribution in [0.5, 0.6) is 0 Å². The van der Waals surface area contributed by atoms with Gasteiger partial charge in [0, 0.05) is 12.2 Å². The van der Waals surface area contributed by atoms with Crippen LogP contribution in [0.15, 0.2) is 24.3 Å². The Kier molecular flexibility index (Phi) is 9.83. The van der Waals surface area contributed by atoms with E-state index in [2.05, 4.69) is 16.0 Å². The quantitative estimate of drug-likeness (QED) is 0.655. The van der Waals surface area contributed by atoms with E-state index in [1.807, 2.05) is 31.2 Å². The van der Waals surface area contributed by atoms with Gasteiger partial charge in [0.2, 0.25) is 11.8 Å². The molecule has 3 N–H and O–H groups in total. The molecule has 1 atom stereocenters. The maximum atomic E-state index is 11.8. The molecule has 0 aromatic heterocycles. The fourth-order valence-corrected chi connectivity index (χ4v) is 3.15. The van der Waals surface area contributed by atoms with Crippen LogP contribution in [0, 0.1) is 12.8 Å². The van der Waals surface area contributed by atoms with E-state index in [4.69, 9.17) is 0 Å². The molecule has 134 valence electrons. The van der Waals surface area contributed by atoms with Gasteiger partial charge in [-0.3, -0.25) is 9.59 Å². The largest absolute Gasteiger partial charge is 0.355 e. The van der Waals surface area contributed by atoms with Gasteiger partial charge < -0.3 is 16.0 Å². The third-order valence-electron chi connectivity index (χ3n) is 3.84. The van der Waals surface area contributed by atoms with Gasteiger partial charge in [-0.05, 0) is 50.9 Å². The Hall–Kier alpha value is -1.24. The molecule has 1 aliphatic rings. The lowest BCUT2D eigenvalue weighted by atomic mass is 10.1. The monoisotopic (exact) mass is 371 g/mol. The summed E-state index contributed by atoms with van der Waals surface area (Å²) in [4.78, 5) is 23.5. The fraction of sp³-hybridized carbons (Fsp3) is 0.529. The summed E-state index contributed by atoms with van der Waals surface area (Å²) in [7, 11) is 0. The van der Waals surface area contributed by atoms with Gasteiger partial charge in [-0.2, -0.15) is 0 Å². The van der Waals surface area contributed by atoms with Crippen LogP contribution in [-0.2, 0) is 9.59 Å². The van der Waals surface area contributed by atoms with Crippen LogP contribution < -0.4 is 16.0 Å². The molecule has 24 heavy (non-hydrogen) atoms. The van der Waals surface area contributed by atoms with Gasteiger partial charge in [-0.25, -0.2) is 0 Å². The van der Waals surface area contributed by atoms with Crippen molar-refractivity contribution in [3.05, 3.63) is 29.8 Å². The van der Waals surface area contributed by atoms with Crippen molar-refractivity contribution >= 4 is 41.7 Å². The predicted octanol–water partition coefficient (Wildman–Crippen LogP) is 2.20. The van der Waals surface area contributed by atoms with E-state index < -0.39 is 0 Å². The Balaban J connectivity index is 0.00000288. The molecule has 1 heterocycles. The first-order valence-electron chi connectivity index (χ1n) is 8.05. The van der Waals surface area contributed by atoms with Crippen molar-refractivity contribution in [2.75, 3.05) is 36.5 Å². The van der Waals surface area contributed by atoms with Crippen molar-refractivity contribution in [1.82, 2.24) is 10.6 Å². The number of benzene rings is 1. The number of anilines is 1. The smallest absolute Gasteiger partial charge is 0.234 e. The van der Waals surface area contributed by atoms with Crippen molar-refractivity contribution in [2.24, 2.45) is 5.92 Å². The van der Waals surface area contributed by atoms with E-state index in [-0.39, 0.29) is 30.0 Å². The first-order chi connectivity index (χ1) is 11.1. The maximum Gasteiger partial charge on any atom is 0.234 e. The minimum absolute atomic E-state index is 0. The lowest BCUT2D eigenvalue weighted by Gasteiger charge is -2.09. The molecule has 1 saturated heterocycles. The zero-order valence-electron chi connectivity index (χ0n) is 14.0. The van der Waals surface area contributed by atoms with Crippen LogP contribution in [0.1, 0.15) is 18.4 Å². The molecule has 1 unspecified atom stereocenters. The Labute approximate surface area is 154 Å². The summed E-state index contributed by atoms with van der Waals surface area (Å²) in [6.45, 7) is 4.87. The Morgan fingerprint density at radius 2 is 1.92 bits per heavy atom. The number of thioether (sulfide) groups is 1. The second kappa shape index (κ2) is 11.3. The maximum absolute atomic E-state index is 11.8. The number of hydrogen-bond donors (Lipinski definition) is 3. The molecule has 5 nitrogen and oxygen atoms in total. The van der Waals surface area contributed by atoms with Gasteiger partial charge in [0.05, 0.1) is 11.5 Å². The van der Waals surface area contributed by atoms with E-state index in [0.717, 1.165) is 37.3 Å². The number of aryl methyl sites for hydroxylation is 1. The Morgan fingerprint density at radius 1 is 1.21 bits per heavy atom. The number of nitrogens with one attached hydrogen (secondary N) is 3. The third-order valence-corrected chi connectivity index (χ3v) is 4.77. The van der Waals surface area contributed by atoms with E-state index in [9.17, 15) is 9.59 Å². The first-order valence-corrected chi connectivity index (χ1v) is 9.20. The number of halogens is 1. The van der Waals surface area contributed by atoms with E-state index in [1.165, 1.54) is 18.2 Å². The normalized spacial score (nSPS) is 16.3.